The molecule has 1 atom stereocenters. The van der Waals surface area contributed by atoms with Crippen molar-refractivity contribution >= 4 is 11.7 Å². The van der Waals surface area contributed by atoms with Crippen molar-refractivity contribution in [2.75, 3.05) is 45.2 Å². The molecule has 1 aliphatic carbocycles. The predicted molar refractivity (Wildman–Crippen MR) is 114 cm³/mol. The molecule has 1 saturated carbocycles. The topological polar surface area (TPSA) is 32.8 Å². The number of benzene rings is 2. The SMILES string of the molecule is COC(=O)C(CC1CC1)c1cccc(-c2ccc(N3CCN(C)CC3)cc2)c1. The van der Waals surface area contributed by atoms with Gasteiger partial charge in [-0.05, 0) is 48.2 Å². The van der Waals surface area contributed by atoms with Crippen LogP contribution in [-0.2, 0) is 9.53 Å². The Hall–Kier alpha value is -2.33. The van der Waals surface area contributed by atoms with E-state index in [1.165, 1.54) is 31.2 Å². The first-order valence-electron chi connectivity index (χ1n) is 10.4. The molecule has 1 aliphatic heterocycles. The van der Waals surface area contributed by atoms with Crippen LogP contribution in [0.1, 0.15) is 30.7 Å². The maximum atomic E-state index is 12.3. The van der Waals surface area contributed by atoms with Gasteiger partial charge in [-0.2, -0.15) is 0 Å². The molecule has 148 valence electrons. The second-order valence-electron chi connectivity index (χ2n) is 8.22. The molecule has 2 aliphatic rings. The predicted octanol–water partition coefficient (Wildman–Crippen LogP) is 4.16. The monoisotopic (exact) mass is 378 g/mol. The number of methoxy groups -OCH3 is 1. The number of carbonyl (C=O) groups is 1. The summed E-state index contributed by atoms with van der Waals surface area (Å²) < 4.78 is 5.08. The van der Waals surface area contributed by atoms with Crippen LogP contribution in [0.25, 0.3) is 11.1 Å². The number of hydrogen-bond donors (Lipinski definition) is 0. The second kappa shape index (κ2) is 8.36. The van der Waals surface area contributed by atoms with Gasteiger partial charge in [-0.15, -0.1) is 0 Å². The number of ether oxygens (including phenoxy) is 1. The number of nitrogens with zero attached hydrogens (tertiary/aromatic N) is 2. The standard InChI is InChI=1S/C24H30N2O2/c1-25-12-14-26(15-13-25)22-10-8-19(9-11-22)20-4-3-5-21(17-20)23(24(27)28-2)16-18-6-7-18/h3-5,8-11,17-18,23H,6-7,12-16H2,1-2H3. The highest BCUT2D eigenvalue weighted by atomic mass is 16.5. The fourth-order valence-electron chi connectivity index (χ4n) is 4.06. The third kappa shape index (κ3) is 4.39. The minimum absolute atomic E-state index is 0.116. The third-order valence-electron chi connectivity index (χ3n) is 6.11. The summed E-state index contributed by atoms with van der Waals surface area (Å²) in [4.78, 5) is 17.2. The van der Waals surface area contributed by atoms with E-state index in [0.717, 1.165) is 43.7 Å². The molecule has 28 heavy (non-hydrogen) atoms. The van der Waals surface area contributed by atoms with Crippen LogP contribution < -0.4 is 4.90 Å². The van der Waals surface area contributed by atoms with Gasteiger partial charge in [0, 0.05) is 31.9 Å². The van der Waals surface area contributed by atoms with E-state index in [2.05, 4.69) is 65.4 Å². The van der Waals surface area contributed by atoms with Crippen LogP contribution in [0.3, 0.4) is 0 Å². The van der Waals surface area contributed by atoms with Crippen LogP contribution >= 0.6 is 0 Å². The molecule has 0 spiro atoms. The van der Waals surface area contributed by atoms with E-state index < -0.39 is 0 Å². The summed E-state index contributed by atoms with van der Waals surface area (Å²) in [6, 6.07) is 17.2. The van der Waals surface area contributed by atoms with Gasteiger partial charge < -0.3 is 14.5 Å². The number of hydrogen-bond acceptors (Lipinski definition) is 4. The Morgan fingerprint density at radius 1 is 1.04 bits per heavy atom. The normalized spacial score (nSPS) is 18.7. The molecule has 2 aromatic rings. The van der Waals surface area contributed by atoms with E-state index in [9.17, 15) is 4.79 Å². The summed E-state index contributed by atoms with van der Waals surface area (Å²) in [6.07, 6.45) is 3.38. The average molecular weight is 379 g/mol. The number of carbonyl (C=O) groups excluding carboxylic acids is 1. The quantitative estimate of drug-likeness (QED) is 0.707. The van der Waals surface area contributed by atoms with Gasteiger partial charge >= 0.3 is 5.97 Å². The average Bonchev–Trinajstić information content (AvgIpc) is 3.56. The number of likely N-dealkylation sites (N-methyl/N-ethyl adjacent to an activating group) is 1. The highest BCUT2D eigenvalue weighted by Gasteiger charge is 2.31. The van der Waals surface area contributed by atoms with Gasteiger partial charge in [0.05, 0.1) is 13.0 Å². The summed E-state index contributed by atoms with van der Waals surface area (Å²) in [5.74, 6) is 0.409. The van der Waals surface area contributed by atoms with E-state index in [0.29, 0.717) is 5.92 Å². The molecule has 4 heteroatoms. The maximum absolute atomic E-state index is 12.3. The Morgan fingerprint density at radius 2 is 1.75 bits per heavy atom. The van der Waals surface area contributed by atoms with E-state index in [1.54, 1.807) is 0 Å². The van der Waals surface area contributed by atoms with E-state index in [1.807, 2.05) is 0 Å². The smallest absolute Gasteiger partial charge is 0.313 e. The molecular weight excluding hydrogens is 348 g/mol. The zero-order chi connectivity index (χ0) is 19.5. The van der Waals surface area contributed by atoms with Crippen molar-refractivity contribution < 1.29 is 9.53 Å². The van der Waals surface area contributed by atoms with Crippen LogP contribution in [0.2, 0.25) is 0 Å². The fourth-order valence-corrected chi connectivity index (χ4v) is 4.06. The number of rotatable bonds is 6. The van der Waals surface area contributed by atoms with Crippen molar-refractivity contribution in [2.45, 2.75) is 25.2 Å². The first-order valence-corrected chi connectivity index (χ1v) is 10.4. The number of anilines is 1. The van der Waals surface area contributed by atoms with Gasteiger partial charge in [0.15, 0.2) is 0 Å². The third-order valence-corrected chi connectivity index (χ3v) is 6.11. The lowest BCUT2D eigenvalue weighted by atomic mass is 9.91. The molecule has 0 aromatic heterocycles. The van der Waals surface area contributed by atoms with Crippen molar-refractivity contribution in [3.05, 3.63) is 54.1 Å². The zero-order valence-corrected chi connectivity index (χ0v) is 16.9. The molecule has 0 amide bonds. The van der Waals surface area contributed by atoms with E-state index >= 15 is 0 Å². The fraction of sp³-hybridized carbons (Fsp3) is 0.458. The lowest BCUT2D eigenvalue weighted by Gasteiger charge is -2.34. The van der Waals surface area contributed by atoms with Crippen molar-refractivity contribution in [1.82, 2.24) is 4.90 Å². The summed E-state index contributed by atoms with van der Waals surface area (Å²) in [6.45, 7) is 4.38. The summed E-state index contributed by atoms with van der Waals surface area (Å²) in [5, 5.41) is 0. The van der Waals surface area contributed by atoms with Crippen LogP contribution in [0.4, 0.5) is 5.69 Å². The molecule has 4 rings (SSSR count). The van der Waals surface area contributed by atoms with Crippen LogP contribution in [0, 0.1) is 5.92 Å². The minimum atomic E-state index is -0.151. The zero-order valence-electron chi connectivity index (χ0n) is 16.9. The van der Waals surface area contributed by atoms with Crippen LogP contribution in [0.15, 0.2) is 48.5 Å². The highest BCUT2D eigenvalue weighted by Crippen LogP contribution is 2.39. The molecule has 1 heterocycles. The molecule has 2 fully saturated rings. The molecule has 0 bridgehead atoms. The Bertz CT molecular complexity index is 806. The largest absolute Gasteiger partial charge is 0.469 e. The molecule has 2 aromatic carbocycles. The van der Waals surface area contributed by atoms with Crippen molar-refractivity contribution in [3.8, 4) is 11.1 Å². The molecule has 0 radical (unpaired) electrons. The Labute approximate surface area is 168 Å². The van der Waals surface area contributed by atoms with E-state index in [-0.39, 0.29) is 11.9 Å². The first kappa shape index (κ1) is 19.0. The van der Waals surface area contributed by atoms with E-state index in [4.69, 9.17) is 4.74 Å². The van der Waals surface area contributed by atoms with Gasteiger partial charge in [0.2, 0.25) is 0 Å². The Balaban J connectivity index is 1.52. The first-order chi connectivity index (χ1) is 13.6. The molecular formula is C24H30N2O2. The van der Waals surface area contributed by atoms with Crippen LogP contribution in [-0.4, -0.2) is 51.2 Å². The lowest BCUT2D eigenvalue weighted by Crippen LogP contribution is -2.44. The van der Waals surface area contributed by atoms with Crippen molar-refractivity contribution in [1.29, 1.82) is 0 Å². The summed E-state index contributed by atoms with van der Waals surface area (Å²) in [5.41, 5.74) is 4.70. The summed E-state index contributed by atoms with van der Waals surface area (Å²) in [7, 11) is 3.67. The van der Waals surface area contributed by atoms with Crippen LogP contribution in [0.5, 0.6) is 0 Å². The Kier molecular flexibility index (Phi) is 5.67. The molecule has 1 unspecified atom stereocenters. The van der Waals surface area contributed by atoms with Crippen molar-refractivity contribution in [2.24, 2.45) is 5.92 Å². The van der Waals surface area contributed by atoms with Gasteiger partial charge in [-0.1, -0.05) is 49.2 Å². The number of piperazine rings is 1. The Morgan fingerprint density at radius 3 is 2.39 bits per heavy atom. The molecule has 4 nitrogen and oxygen atoms in total. The summed E-state index contributed by atoms with van der Waals surface area (Å²) >= 11 is 0. The molecule has 0 N–H and O–H groups in total. The van der Waals surface area contributed by atoms with Crippen molar-refractivity contribution in [3.63, 3.8) is 0 Å². The second-order valence-corrected chi connectivity index (χ2v) is 8.22. The minimum Gasteiger partial charge on any atom is -0.469 e. The van der Waals surface area contributed by atoms with Gasteiger partial charge in [-0.25, -0.2) is 0 Å². The number of esters is 1. The lowest BCUT2D eigenvalue weighted by molar-refractivity contribution is -0.142. The van der Waals surface area contributed by atoms with Gasteiger partial charge in [0.25, 0.3) is 0 Å². The van der Waals surface area contributed by atoms with Gasteiger partial charge in [-0.3, -0.25) is 4.79 Å². The van der Waals surface area contributed by atoms with Gasteiger partial charge in [0.1, 0.15) is 0 Å². The highest BCUT2D eigenvalue weighted by molar-refractivity contribution is 5.79. The maximum Gasteiger partial charge on any atom is 0.313 e. The molecule has 1 saturated heterocycles.